The Hall–Kier alpha value is -1.75. The van der Waals surface area contributed by atoms with E-state index in [0.717, 1.165) is 36.3 Å². The summed E-state index contributed by atoms with van der Waals surface area (Å²) in [4.78, 5) is 12.6. The molecule has 2 bridgehead atoms. The van der Waals surface area contributed by atoms with Crippen molar-refractivity contribution in [1.82, 2.24) is 5.32 Å². The molecule has 2 atom stereocenters. The lowest BCUT2D eigenvalue weighted by molar-refractivity contribution is -0.127. The predicted octanol–water partition coefficient (Wildman–Crippen LogP) is 3.30. The molecule has 0 radical (unpaired) electrons. The maximum Gasteiger partial charge on any atom is 0.223 e. The number of benzene rings is 1. The lowest BCUT2D eigenvalue weighted by atomic mass is 9.65. The number of rotatable bonds is 8. The van der Waals surface area contributed by atoms with Gasteiger partial charge in [0, 0.05) is 18.5 Å². The number of amides is 1. The van der Waals surface area contributed by atoms with Crippen molar-refractivity contribution < 1.29 is 14.3 Å². The number of nitrogens with one attached hydrogen (secondary N) is 1. The van der Waals surface area contributed by atoms with Gasteiger partial charge in [-0.15, -0.1) is 0 Å². The zero-order valence-corrected chi connectivity index (χ0v) is 16.7. The molecule has 150 valence electrons. The summed E-state index contributed by atoms with van der Waals surface area (Å²) >= 11 is 0. The summed E-state index contributed by atoms with van der Waals surface area (Å²) in [5, 5.41) is 3.14. The van der Waals surface area contributed by atoms with E-state index in [9.17, 15) is 4.79 Å². The standard InChI is InChI=1S/C22H34N2O3/c1-3-26-19-9-8-15(12-20(19)27-4-2)10-11-24-22(25)18-13-16-6-5-7-17(14-18)21(16)23/h8-9,12,16-18,21H,3-7,10-11,13-14,23H2,1-2H3,(H,24,25). The first kappa shape index (κ1) is 20.0. The highest BCUT2D eigenvalue weighted by molar-refractivity contribution is 5.78. The largest absolute Gasteiger partial charge is 0.490 e. The maximum atomic E-state index is 12.6. The number of nitrogens with two attached hydrogens (primary N) is 1. The molecule has 0 saturated heterocycles. The first-order chi connectivity index (χ1) is 13.1. The van der Waals surface area contributed by atoms with Gasteiger partial charge in [-0.25, -0.2) is 0 Å². The van der Waals surface area contributed by atoms with Crippen molar-refractivity contribution >= 4 is 5.91 Å². The van der Waals surface area contributed by atoms with E-state index in [1.807, 2.05) is 32.0 Å². The Balaban J connectivity index is 1.50. The van der Waals surface area contributed by atoms with E-state index in [2.05, 4.69) is 5.32 Å². The molecule has 2 fully saturated rings. The van der Waals surface area contributed by atoms with Crippen molar-refractivity contribution in [2.75, 3.05) is 19.8 Å². The summed E-state index contributed by atoms with van der Waals surface area (Å²) in [5.74, 6) is 2.96. The highest BCUT2D eigenvalue weighted by Gasteiger charge is 2.40. The van der Waals surface area contributed by atoms with Gasteiger partial charge in [-0.05, 0) is 75.5 Å². The topological polar surface area (TPSA) is 73.6 Å². The molecule has 0 aliphatic heterocycles. The summed E-state index contributed by atoms with van der Waals surface area (Å²) in [6.45, 7) is 5.80. The van der Waals surface area contributed by atoms with Crippen LogP contribution in [0, 0.1) is 17.8 Å². The Morgan fingerprint density at radius 2 is 1.78 bits per heavy atom. The molecule has 5 heteroatoms. The van der Waals surface area contributed by atoms with Gasteiger partial charge in [0.1, 0.15) is 0 Å². The van der Waals surface area contributed by atoms with Crippen LogP contribution in [0.3, 0.4) is 0 Å². The fourth-order valence-corrected chi connectivity index (χ4v) is 4.73. The highest BCUT2D eigenvalue weighted by atomic mass is 16.5. The van der Waals surface area contributed by atoms with Gasteiger partial charge in [-0.3, -0.25) is 4.79 Å². The molecule has 2 aliphatic rings. The first-order valence-electron chi connectivity index (χ1n) is 10.5. The van der Waals surface area contributed by atoms with Gasteiger partial charge in [0.05, 0.1) is 13.2 Å². The molecular formula is C22H34N2O3. The highest BCUT2D eigenvalue weighted by Crippen LogP contribution is 2.41. The number of hydrogen-bond donors (Lipinski definition) is 2. The van der Waals surface area contributed by atoms with Crippen LogP contribution in [-0.4, -0.2) is 31.7 Å². The second-order valence-corrected chi connectivity index (χ2v) is 7.88. The second-order valence-electron chi connectivity index (χ2n) is 7.88. The zero-order valence-electron chi connectivity index (χ0n) is 16.7. The molecule has 0 spiro atoms. The first-order valence-corrected chi connectivity index (χ1v) is 10.5. The Morgan fingerprint density at radius 3 is 2.44 bits per heavy atom. The molecule has 5 nitrogen and oxygen atoms in total. The number of hydrogen-bond acceptors (Lipinski definition) is 4. The molecular weight excluding hydrogens is 340 g/mol. The SMILES string of the molecule is CCOc1ccc(CCNC(=O)C2CC3CCCC(C2)C3N)cc1OCC. The molecule has 2 unspecified atom stereocenters. The van der Waals surface area contributed by atoms with E-state index < -0.39 is 0 Å². The van der Waals surface area contributed by atoms with Crippen molar-refractivity contribution in [3.63, 3.8) is 0 Å². The minimum absolute atomic E-state index is 0.138. The fraction of sp³-hybridized carbons (Fsp3) is 0.682. The van der Waals surface area contributed by atoms with E-state index in [-0.39, 0.29) is 11.8 Å². The lowest BCUT2D eigenvalue weighted by Crippen LogP contribution is -2.49. The Labute approximate surface area is 163 Å². The Morgan fingerprint density at radius 1 is 1.11 bits per heavy atom. The number of fused-ring (bicyclic) bond motifs is 2. The smallest absolute Gasteiger partial charge is 0.223 e. The van der Waals surface area contributed by atoms with Crippen LogP contribution >= 0.6 is 0 Å². The van der Waals surface area contributed by atoms with Gasteiger partial charge >= 0.3 is 0 Å². The van der Waals surface area contributed by atoms with Gasteiger partial charge in [0.15, 0.2) is 11.5 Å². The number of carbonyl (C=O) groups is 1. The van der Waals surface area contributed by atoms with E-state index in [1.165, 1.54) is 19.3 Å². The monoisotopic (exact) mass is 374 g/mol. The van der Waals surface area contributed by atoms with E-state index >= 15 is 0 Å². The third kappa shape index (κ3) is 4.95. The zero-order chi connectivity index (χ0) is 19.2. The molecule has 2 aliphatic carbocycles. The third-order valence-corrected chi connectivity index (χ3v) is 6.10. The van der Waals surface area contributed by atoms with Crippen LogP contribution < -0.4 is 20.5 Å². The van der Waals surface area contributed by atoms with Crippen LogP contribution in [0.15, 0.2) is 18.2 Å². The summed E-state index contributed by atoms with van der Waals surface area (Å²) in [6.07, 6.45) is 6.36. The average Bonchev–Trinajstić information content (AvgIpc) is 2.64. The van der Waals surface area contributed by atoms with Gasteiger partial charge in [-0.1, -0.05) is 12.5 Å². The van der Waals surface area contributed by atoms with Gasteiger partial charge in [0.25, 0.3) is 0 Å². The summed E-state index contributed by atoms with van der Waals surface area (Å²) in [5.41, 5.74) is 7.48. The van der Waals surface area contributed by atoms with Gasteiger partial charge in [-0.2, -0.15) is 0 Å². The third-order valence-electron chi connectivity index (χ3n) is 6.10. The van der Waals surface area contributed by atoms with E-state index in [1.54, 1.807) is 0 Å². The molecule has 1 aromatic carbocycles. The second kappa shape index (κ2) is 9.45. The van der Waals surface area contributed by atoms with Crippen LogP contribution in [0.2, 0.25) is 0 Å². The van der Waals surface area contributed by atoms with Crippen LogP contribution in [0.25, 0.3) is 0 Å². The quantitative estimate of drug-likeness (QED) is 0.732. The van der Waals surface area contributed by atoms with Crippen LogP contribution in [-0.2, 0) is 11.2 Å². The fourth-order valence-electron chi connectivity index (χ4n) is 4.73. The summed E-state index contributed by atoms with van der Waals surface area (Å²) in [7, 11) is 0. The van der Waals surface area contributed by atoms with E-state index in [4.69, 9.17) is 15.2 Å². The van der Waals surface area contributed by atoms with Crippen molar-refractivity contribution in [2.24, 2.45) is 23.5 Å². The molecule has 3 rings (SSSR count). The number of carbonyl (C=O) groups excluding carboxylic acids is 1. The van der Waals surface area contributed by atoms with Crippen LogP contribution in [0.4, 0.5) is 0 Å². The van der Waals surface area contributed by atoms with Crippen molar-refractivity contribution in [3.8, 4) is 11.5 Å². The minimum Gasteiger partial charge on any atom is -0.490 e. The maximum absolute atomic E-state index is 12.6. The molecule has 3 N–H and O–H groups in total. The van der Waals surface area contributed by atoms with Crippen molar-refractivity contribution in [1.29, 1.82) is 0 Å². The molecule has 1 amide bonds. The molecule has 1 aromatic rings. The molecule has 0 heterocycles. The Kier molecular flexibility index (Phi) is 7.00. The molecule has 0 aromatic heterocycles. The van der Waals surface area contributed by atoms with Crippen LogP contribution in [0.1, 0.15) is 51.5 Å². The Bertz CT molecular complexity index is 620. The number of ether oxygens (including phenoxy) is 2. The summed E-state index contributed by atoms with van der Waals surface area (Å²) < 4.78 is 11.3. The minimum atomic E-state index is 0.138. The summed E-state index contributed by atoms with van der Waals surface area (Å²) in [6, 6.07) is 6.33. The van der Waals surface area contributed by atoms with Crippen molar-refractivity contribution in [2.45, 2.75) is 58.4 Å². The van der Waals surface area contributed by atoms with Gasteiger partial charge < -0.3 is 20.5 Å². The van der Waals surface area contributed by atoms with Crippen LogP contribution in [0.5, 0.6) is 11.5 Å². The van der Waals surface area contributed by atoms with E-state index in [0.29, 0.717) is 37.6 Å². The normalized spacial score (nSPS) is 27.1. The molecule has 2 saturated carbocycles. The lowest BCUT2D eigenvalue weighted by Gasteiger charge is -2.43. The predicted molar refractivity (Wildman–Crippen MR) is 107 cm³/mol. The molecule has 27 heavy (non-hydrogen) atoms. The van der Waals surface area contributed by atoms with Crippen molar-refractivity contribution in [3.05, 3.63) is 23.8 Å². The average molecular weight is 375 g/mol. The van der Waals surface area contributed by atoms with Gasteiger partial charge in [0.2, 0.25) is 5.91 Å².